The Hall–Kier alpha value is -1.33. The average molecular weight is 853 g/mol. The van der Waals surface area contributed by atoms with E-state index >= 15 is 0 Å². The van der Waals surface area contributed by atoms with Crippen LogP contribution < -0.4 is 0 Å². The average Bonchev–Trinajstić information content (AvgIpc) is 3.25. The first-order valence-electron chi connectivity index (χ1n) is 25.4. The lowest BCUT2D eigenvalue weighted by molar-refractivity contribution is -0.305. The standard InChI is InChI=1S/C51H96O9/c1-3-5-7-9-11-13-15-17-18-19-20-21-22-23-24-25-26-27-28-29-30-32-34-36-38-40-47(53)59-45(44-58-51-50(56)49(55)48(54)46(42-52)60-51)43-57-41-39-37-35-33-31-16-14-12-10-8-6-4-2/h10,12,19-20,45-46,48-52,54-56H,3-9,11,13-18,21-44H2,1-2H3/b12-10-,20-19-. The van der Waals surface area contributed by atoms with Gasteiger partial charge in [-0.2, -0.15) is 0 Å². The minimum atomic E-state index is -1.54. The van der Waals surface area contributed by atoms with Crippen LogP contribution in [0.5, 0.6) is 0 Å². The Kier molecular flexibility index (Phi) is 40.6. The number of unbranched alkanes of at least 4 members (excludes halogenated alkanes) is 29. The van der Waals surface area contributed by atoms with Crippen LogP contribution in [0.3, 0.4) is 0 Å². The summed E-state index contributed by atoms with van der Waals surface area (Å²) in [6.45, 7) is 4.54. The van der Waals surface area contributed by atoms with Gasteiger partial charge in [0.2, 0.25) is 0 Å². The maximum Gasteiger partial charge on any atom is 0.306 e. The normalized spacial score (nSPS) is 20.1. The van der Waals surface area contributed by atoms with Crippen LogP contribution >= 0.6 is 0 Å². The van der Waals surface area contributed by atoms with E-state index in [0.29, 0.717) is 13.0 Å². The topological polar surface area (TPSA) is 135 Å². The summed E-state index contributed by atoms with van der Waals surface area (Å²) >= 11 is 0. The van der Waals surface area contributed by atoms with Crippen LogP contribution in [0.4, 0.5) is 0 Å². The van der Waals surface area contributed by atoms with E-state index in [1.807, 2.05) is 0 Å². The SMILES string of the molecule is CCCC/C=C\CCCCCCCCOCC(COC1OC(CO)C(O)C(O)C1O)OC(=O)CCCCCCCCCCCCCCC/C=C\CCCCCCCCCC. The van der Waals surface area contributed by atoms with Crippen LogP contribution in [0.25, 0.3) is 0 Å². The van der Waals surface area contributed by atoms with Gasteiger partial charge in [-0.1, -0.05) is 192 Å². The fourth-order valence-corrected chi connectivity index (χ4v) is 7.82. The maximum absolute atomic E-state index is 12.8. The molecule has 1 aliphatic rings. The van der Waals surface area contributed by atoms with Crippen molar-refractivity contribution >= 4 is 5.97 Å². The molecule has 4 N–H and O–H groups in total. The molecule has 1 fully saturated rings. The minimum Gasteiger partial charge on any atom is -0.457 e. The second-order valence-electron chi connectivity index (χ2n) is 17.6. The third-order valence-electron chi connectivity index (χ3n) is 11.8. The van der Waals surface area contributed by atoms with Crippen molar-refractivity contribution in [3.8, 4) is 0 Å². The molecule has 0 aromatic carbocycles. The molecule has 0 bridgehead atoms. The van der Waals surface area contributed by atoms with E-state index in [2.05, 4.69) is 38.2 Å². The van der Waals surface area contributed by atoms with Crippen LogP contribution in [-0.2, 0) is 23.7 Å². The lowest BCUT2D eigenvalue weighted by Gasteiger charge is -2.39. The van der Waals surface area contributed by atoms with E-state index in [9.17, 15) is 25.2 Å². The van der Waals surface area contributed by atoms with Gasteiger partial charge in [-0.05, 0) is 57.8 Å². The van der Waals surface area contributed by atoms with E-state index in [1.54, 1.807) is 0 Å². The summed E-state index contributed by atoms with van der Waals surface area (Å²) in [5.41, 5.74) is 0. The summed E-state index contributed by atoms with van der Waals surface area (Å²) in [4.78, 5) is 12.8. The highest BCUT2D eigenvalue weighted by molar-refractivity contribution is 5.69. The van der Waals surface area contributed by atoms with E-state index in [1.165, 1.54) is 173 Å². The van der Waals surface area contributed by atoms with Gasteiger partial charge in [-0.3, -0.25) is 4.79 Å². The van der Waals surface area contributed by atoms with Gasteiger partial charge in [0.15, 0.2) is 6.29 Å². The van der Waals surface area contributed by atoms with Gasteiger partial charge < -0.3 is 39.4 Å². The van der Waals surface area contributed by atoms with E-state index in [0.717, 1.165) is 38.5 Å². The molecular formula is C51H96O9. The number of esters is 1. The predicted octanol–water partition coefficient (Wildman–Crippen LogP) is 12.1. The summed E-state index contributed by atoms with van der Waals surface area (Å²) < 4.78 is 22.8. The van der Waals surface area contributed by atoms with Crippen LogP contribution in [-0.4, -0.2) is 89.6 Å². The largest absolute Gasteiger partial charge is 0.457 e. The molecule has 1 aliphatic heterocycles. The third kappa shape index (κ3) is 33.3. The minimum absolute atomic E-state index is 0.113. The number of ether oxygens (including phenoxy) is 4. The molecule has 60 heavy (non-hydrogen) atoms. The molecule has 0 saturated carbocycles. The lowest BCUT2D eigenvalue weighted by Crippen LogP contribution is -2.59. The van der Waals surface area contributed by atoms with Gasteiger partial charge >= 0.3 is 5.97 Å². The Morgan fingerprint density at radius 3 is 1.40 bits per heavy atom. The molecule has 0 radical (unpaired) electrons. The van der Waals surface area contributed by atoms with Gasteiger partial charge in [-0.25, -0.2) is 0 Å². The number of allylic oxidation sites excluding steroid dienone is 4. The van der Waals surface area contributed by atoms with Crippen LogP contribution in [0.15, 0.2) is 24.3 Å². The molecule has 1 heterocycles. The summed E-state index contributed by atoms with van der Waals surface area (Å²) in [5.74, 6) is -0.313. The van der Waals surface area contributed by atoms with Gasteiger partial charge in [-0.15, -0.1) is 0 Å². The third-order valence-corrected chi connectivity index (χ3v) is 11.8. The molecule has 1 rings (SSSR count). The van der Waals surface area contributed by atoms with Crippen molar-refractivity contribution < 1.29 is 44.2 Å². The molecule has 0 aliphatic carbocycles. The van der Waals surface area contributed by atoms with E-state index < -0.39 is 43.4 Å². The van der Waals surface area contributed by atoms with E-state index in [-0.39, 0.29) is 19.2 Å². The fraction of sp³-hybridized carbons (Fsp3) is 0.902. The van der Waals surface area contributed by atoms with Gasteiger partial charge in [0.25, 0.3) is 0 Å². The zero-order valence-electron chi connectivity index (χ0n) is 39.0. The Morgan fingerprint density at radius 2 is 0.933 bits per heavy atom. The molecule has 0 spiro atoms. The molecule has 0 amide bonds. The summed E-state index contributed by atoms with van der Waals surface area (Å²) in [6, 6.07) is 0. The smallest absolute Gasteiger partial charge is 0.306 e. The molecule has 6 atom stereocenters. The van der Waals surface area contributed by atoms with Gasteiger partial charge in [0.1, 0.15) is 30.5 Å². The molecule has 1 saturated heterocycles. The second-order valence-corrected chi connectivity index (χ2v) is 17.6. The molecule has 0 aromatic rings. The van der Waals surface area contributed by atoms with E-state index in [4.69, 9.17) is 18.9 Å². The van der Waals surface area contributed by atoms with Gasteiger partial charge in [0.05, 0.1) is 19.8 Å². The maximum atomic E-state index is 12.8. The van der Waals surface area contributed by atoms with Crippen molar-refractivity contribution in [1.29, 1.82) is 0 Å². The monoisotopic (exact) mass is 853 g/mol. The highest BCUT2D eigenvalue weighted by atomic mass is 16.7. The number of aliphatic hydroxyl groups is 4. The molecule has 354 valence electrons. The number of rotatable bonds is 44. The molecule has 0 aromatic heterocycles. The number of hydrogen-bond acceptors (Lipinski definition) is 9. The highest BCUT2D eigenvalue weighted by Gasteiger charge is 2.44. The zero-order chi connectivity index (χ0) is 43.6. The fourth-order valence-electron chi connectivity index (χ4n) is 7.82. The summed E-state index contributed by atoms with van der Waals surface area (Å²) in [7, 11) is 0. The highest BCUT2D eigenvalue weighted by Crippen LogP contribution is 2.23. The number of aliphatic hydroxyl groups excluding tert-OH is 4. The van der Waals surface area contributed by atoms with Crippen LogP contribution in [0, 0.1) is 0 Å². The Morgan fingerprint density at radius 1 is 0.517 bits per heavy atom. The van der Waals surface area contributed by atoms with Crippen molar-refractivity contribution in [2.75, 3.05) is 26.4 Å². The summed E-state index contributed by atoms with van der Waals surface area (Å²) in [5, 5.41) is 40.2. The Labute approximate surface area is 368 Å². The van der Waals surface area contributed by atoms with Crippen molar-refractivity contribution in [1.82, 2.24) is 0 Å². The summed E-state index contributed by atoms with van der Waals surface area (Å²) in [6.07, 6.45) is 43.6. The lowest BCUT2D eigenvalue weighted by atomic mass is 9.99. The van der Waals surface area contributed by atoms with Crippen LogP contribution in [0.2, 0.25) is 0 Å². The molecule has 6 unspecified atom stereocenters. The van der Waals surface area contributed by atoms with Crippen molar-refractivity contribution in [2.24, 2.45) is 0 Å². The van der Waals surface area contributed by atoms with Crippen molar-refractivity contribution in [2.45, 2.75) is 269 Å². The van der Waals surface area contributed by atoms with Crippen LogP contribution in [0.1, 0.15) is 232 Å². The number of carbonyl (C=O) groups is 1. The first kappa shape index (κ1) is 56.7. The zero-order valence-corrected chi connectivity index (χ0v) is 39.0. The number of carbonyl (C=O) groups excluding carboxylic acids is 1. The molecule has 9 nitrogen and oxygen atoms in total. The Bertz CT molecular complexity index is 972. The second kappa shape index (κ2) is 42.9. The van der Waals surface area contributed by atoms with Crippen molar-refractivity contribution in [3.63, 3.8) is 0 Å². The quantitative estimate of drug-likeness (QED) is 0.0268. The molecule has 9 heteroatoms. The first-order valence-corrected chi connectivity index (χ1v) is 25.4. The Balaban J connectivity index is 2.15. The first-order chi connectivity index (χ1) is 29.4. The van der Waals surface area contributed by atoms with Crippen molar-refractivity contribution in [3.05, 3.63) is 24.3 Å². The molecular weight excluding hydrogens is 757 g/mol. The van der Waals surface area contributed by atoms with Gasteiger partial charge in [0, 0.05) is 13.0 Å². The number of hydrogen-bond donors (Lipinski definition) is 4. The predicted molar refractivity (Wildman–Crippen MR) is 247 cm³/mol.